The van der Waals surface area contributed by atoms with Gasteiger partial charge in [0, 0.05) is 13.2 Å². The highest BCUT2D eigenvalue weighted by Crippen LogP contribution is 2.28. The fourth-order valence-electron chi connectivity index (χ4n) is 2.65. The van der Waals surface area contributed by atoms with Crippen molar-refractivity contribution >= 4 is 18.3 Å². The van der Waals surface area contributed by atoms with Gasteiger partial charge in [0.25, 0.3) is 0 Å². The Balaban J connectivity index is 0.00000144. The van der Waals surface area contributed by atoms with Crippen LogP contribution >= 0.6 is 12.4 Å². The molecule has 2 aliphatic rings. The van der Waals surface area contributed by atoms with Gasteiger partial charge in [-0.05, 0) is 32.6 Å². The monoisotopic (exact) mass is 262 g/mol. The first-order valence-electron chi connectivity index (χ1n) is 6.25. The van der Waals surface area contributed by atoms with Crippen LogP contribution in [0.4, 0.5) is 0 Å². The molecule has 1 heterocycles. The maximum Gasteiger partial charge on any atom is 0.240 e. The molecule has 2 fully saturated rings. The summed E-state index contributed by atoms with van der Waals surface area (Å²) in [7, 11) is 0. The molecule has 2 rings (SSSR count). The van der Waals surface area contributed by atoms with Gasteiger partial charge >= 0.3 is 0 Å². The van der Waals surface area contributed by atoms with Gasteiger partial charge < -0.3 is 15.8 Å². The number of halogens is 1. The third-order valence-corrected chi connectivity index (χ3v) is 3.87. The van der Waals surface area contributed by atoms with Gasteiger partial charge in [-0.25, -0.2) is 0 Å². The Labute approximate surface area is 109 Å². The molecule has 5 heteroatoms. The Hall–Kier alpha value is -0.320. The summed E-state index contributed by atoms with van der Waals surface area (Å²) >= 11 is 0. The lowest BCUT2D eigenvalue weighted by atomic mass is 9.97. The van der Waals surface area contributed by atoms with Crippen LogP contribution in [0.2, 0.25) is 0 Å². The molecule has 1 aliphatic carbocycles. The number of carbonyl (C=O) groups excluding carboxylic acids is 1. The first kappa shape index (κ1) is 14.7. The van der Waals surface area contributed by atoms with Crippen molar-refractivity contribution in [3.05, 3.63) is 0 Å². The predicted molar refractivity (Wildman–Crippen MR) is 69.2 cm³/mol. The summed E-state index contributed by atoms with van der Waals surface area (Å²) in [5, 5.41) is 2.96. The summed E-state index contributed by atoms with van der Waals surface area (Å²) in [6.07, 6.45) is 5.87. The number of ether oxygens (including phenoxy) is 1. The van der Waals surface area contributed by atoms with Gasteiger partial charge in [-0.15, -0.1) is 12.4 Å². The SMILES string of the molecule is CC1(CNC(=O)C2(N)CCCC2)CCCO1.Cl. The molecule has 0 aromatic carbocycles. The molecule has 0 aromatic rings. The van der Waals surface area contributed by atoms with E-state index in [4.69, 9.17) is 10.5 Å². The van der Waals surface area contributed by atoms with Crippen LogP contribution in [0.3, 0.4) is 0 Å². The van der Waals surface area contributed by atoms with Crippen LogP contribution in [0.15, 0.2) is 0 Å². The van der Waals surface area contributed by atoms with Crippen molar-refractivity contribution in [2.45, 2.75) is 56.6 Å². The van der Waals surface area contributed by atoms with E-state index in [0.717, 1.165) is 45.1 Å². The minimum atomic E-state index is -0.616. The fraction of sp³-hybridized carbons (Fsp3) is 0.917. The number of hydrogen-bond donors (Lipinski definition) is 2. The van der Waals surface area contributed by atoms with Crippen molar-refractivity contribution in [1.29, 1.82) is 0 Å². The highest BCUT2D eigenvalue weighted by atomic mass is 35.5. The van der Waals surface area contributed by atoms with Gasteiger partial charge in [-0.2, -0.15) is 0 Å². The van der Waals surface area contributed by atoms with Crippen molar-refractivity contribution in [3.8, 4) is 0 Å². The maximum atomic E-state index is 12.0. The number of nitrogens with one attached hydrogen (secondary N) is 1. The molecule has 1 saturated heterocycles. The second-order valence-corrected chi connectivity index (χ2v) is 5.45. The van der Waals surface area contributed by atoms with E-state index >= 15 is 0 Å². The standard InChI is InChI=1S/C12H22N2O2.ClH/c1-11(5-4-8-16-11)9-14-10(15)12(13)6-2-3-7-12;/h2-9,13H2,1H3,(H,14,15);1H. The summed E-state index contributed by atoms with van der Waals surface area (Å²) in [6.45, 7) is 3.45. The lowest BCUT2D eigenvalue weighted by molar-refractivity contribution is -0.127. The Kier molecular flexibility index (Phi) is 4.81. The third-order valence-electron chi connectivity index (χ3n) is 3.87. The van der Waals surface area contributed by atoms with Crippen molar-refractivity contribution in [2.24, 2.45) is 5.73 Å². The molecular weight excluding hydrogens is 240 g/mol. The van der Waals surface area contributed by atoms with E-state index < -0.39 is 5.54 Å². The van der Waals surface area contributed by atoms with Gasteiger partial charge in [-0.1, -0.05) is 12.8 Å². The van der Waals surface area contributed by atoms with E-state index in [2.05, 4.69) is 12.2 Å². The Morgan fingerprint density at radius 1 is 1.29 bits per heavy atom. The van der Waals surface area contributed by atoms with E-state index in [-0.39, 0.29) is 23.9 Å². The molecule has 1 atom stereocenters. The van der Waals surface area contributed by atoms with E-state index in [1.807, 2.05) is 0 Å². The van der Waals surface area contributed by atoms with Crippen LogP contribution < -0.4 is 11.1 Å². The van der Waals surface area contributed by atoms with E-state index in [1.165, 1.54) is 0 Å². The van der Waals surface area contributed by atoms with Gasteiger partial charge in [0.05, 0.1) is 11.1 Å². The second kappa shape index (κ2) is 5.55. The normalized spacial score (nSPS) is 30.9. The highest BCUT2D eigenvalue weighted by molar-refractivity contribution is 5.86. The van der Waals surface area contributed by atoms with Gasteiger partial charge in [0.2, 0.25) is 5.91 Å². The second-order valence-electron chi connectivity index (χ2n) is 5.45. The summed E-state index contributed by atoms with van der Waals surface area (Å²) < 4.78 is 5.63. The molecule has 1 aliphatic heterocycles. The van der Waals surface area contributed by atoms with Crippen LogP contribution in [-0.2, 0) is 9.53 Å². The molecule has 0 radical (unpaired) electrons. The average Bonchev–Trinajstić information content (AvgIpc) is 2.86. The molecule has 3 N–H and O–H groups in total. The average molecular weight is 263 g/mol. The fourth-order valence-corrected chi connectivity index (χ4v) is 2.65. The lowest BCUT2D eigenvalue weighted by Crippen LogP contribution is -2.54. The molecule has 4 nitrogen and oxygen atoms in total. The molecule has 1 unspecified atom stereocenters. The third kappa shape index (κ3) is 3.33. The molecule has 0 spiro atoms. The summed E-state index contributed by atoms with van der Waals surface area (Å²) in [5.41, 5.74) is 5.29. The number of carbonyl (C=O) groups is 1. The molecule has 1 saturated carbocycles. The van der Waals surface area contributed by atoms with Gasteiger partial charge in [-0.3, -0.25) is 4.79 Å². The smallest absolute Gasteiger partial charge is 0.240 e. The van der Waals surface area contributed by atoms with Crippen LogP contribution in [0.25, 0.3) is 0 Å². The van der Waals surface area contributed by atoms with Crippen molar-refractivity contribution in [1.82, 2.24) is 5.32 Å². The van der Waals surface area contributed by atoms with Crippen molar-refractivity contribution < 1.29 is 9.53 Å². The first-order valence-corrected chi connectivity index (χ1v) is 6.25. The van der Waals surface area contributed by atoms with Crippen LogP contribution in [0, 0.1) is 0 Å². The highest BCUT2D eigenvalue weighted by Gasteiger charge is 2.38. The Morgan fingerprint density at radius 3 is 2.47 bits per heavy atom. The predicted octanol–water partition coefficient (Wildman–Crippen LogP) is 1.36. The Bertz CT molecular complexity index is 272. The van der Waals surface area contributed by atoms with Crippen molar-refractivity contribution in [2.75, 3.05) is 13.2 Å². The largest absolute Gasteiger partial charge is 0.373 e. The number of rotatable bonds is 3. The minimum absolute atomic E-state index is 0. The van der Waals surface area contributed by atoms with E-state index in [9.17, 15) is 4.79 Å². The molecule has 17 heavy (non-hydrogen) atoms. The lowest BCUT2D eigenvalue weighted by Gasteiger charge is -2.27. The summed E-state index contributed by atoms with van der Waals surface area (Å²) in [4.78, 5) is 12.0. The molecule has 100 valence electrons. The molecule has 0 aromatic heterocycles. The van der Waals surface area contributed by atoms with Crippen LogP contribution in [0.5, 0.6) is 0 Å². The zero-order valence-corrected chi connectivity index (χ0v) is 11.3. The minimum Gasteiger partial charge on any atom is -0.373 e. The van der Waals surface area contributed by atoms with Gasteiger partial charge in [0.15, 0.2) is 0 Å². The summed E-state index contributed by atoms with van der Waals surface area (Å²) in [5.74, 6) is 0.00160. The zero-order chi connectivity index (χ0) is 11.6. The van der Waals surface area contributed by atoms with Crippen molar-refractivity contribution in [3.63, 3.8) is 0 Å². The Morgan fingerprint density at radius 2 is 1.94 bits per heavy atom. The zero-order valence-electron chi connectivity index (χ0n) is 10.5. The summed E-state index contributed by atoms with van der Waals surface area (Å²) in [6, 6.07) is 0. The van der Waals surface area contributed by atoms with E-state index in [1.54, 1.807) is 0 Å². The number of amides is 1. The molecule has 1 amide bonds. The van der Waals surface area contributed by atoms with E-state index in [0.29, 0.717) is 6.54 Å². The van der Waals surface area contributed by atoms with Gasteiger partial charge in [0.1, 0.15) is 0 Å². The number of hydrogen-bond acceptors (Lipinski definition) is 3. The topological polar surface area (TPSA) is 64.4 Å². The first-order chi connectivity index (χ1) is 7.54. The quantitative estimate of drug-likeness (QED) is 0.807. The molecule has 0 bridgehead atoms. The number of nitrogens with two attached hydrogens (primary N) is 1. The van der Waals surface area contributed by atoms with Crippen LogP contribution in [0.1, 0.15) is 45.4 Å². The molecular formula is C12H23ClN2O2. The maximum absolute atomic E-state index is 12.0. The van der Waals surface area contributed by atoms with Crippen LogP contribution in [-0.4, -0.2) is 30.2 Å².